The molecular weight excluding hydrogens is 286 g/mol. The maximum absolute atomic E-state index is 5.44. The van der Waals surface area contributed by atoms with Crippen LogP contribution in [0.5, 0.6) is 0 Å². The molecule has 1 aromatic carbocycles. The Balaban J connectivity index is 1.77. The number of thiocarbonyl (C=S) groups is 1. The van der Waals surface area contributed by atoms with Crippen LogP contribution in [0.3, 0.4) is 0 Å². The fourth-order valence-corrected chi connectivity index (χ4v) is 4.09. The molecule has 0 bridgehead atoms. The maximum atomic E-state index is 5.44. The summed E-state index contributed by atoms with van der Waals surface area (Å²) in [6.07, 6.45) is 2.40. The molecule has 0 radical (unpaired) electrons. The van der Waals surface area contributed by atoms with Crippen LogP contribution in [0, 0.1) is 0 Å². The number of piperidine rings is 1. The molecule has 3 rings (SSSR count). The van der Waals surface area contributed by atoms with Gasteiger partial charge in [0, 0.05) is 25.6 Å². The molecule has 1 aromatic heterocycles. The number of para-hydroxylation sites is 1. The van der Waals surface area contributed by atoms with Crippen molar-refractivity contribution in [2.45, 2.75) is 25.7 Å². The van der Waals surface area contributed by atoms with Crippen molar-refractivity contribution in [3.05, 3.63) is 29.3 Å². The highest BCUT2D eigenvalue weighted by molar-refractivity contribution is 7.80. The van der Waals surface area contributed by atoms with Gasteiger partial charge < -0.3 is 10.2 Å². The summed E-state index contributed by atoms with van der Waals surface area (Å²) >= 11 is 7.27. The molecule has 2 aromatic rings. The van der Waals surface area contributed by atoms with Gasteiger partial charge in [0.2, 0.25) is 0 Å². The van der Waals surface area contributed by atoms with Crippen LogP contribution in [0.4, 0.5) is 0 Å². The summed E-state index contributed by atoms with van der Waals surface area (Å²) in [6, 6.07) is 8.39. The van der Waals surface area contributed by atoms with Crippen molar-refractivity contribution in [2.24, 2.45) is 0 Å². The van der Waals surface area contributed by atoms with E-state index in [1.165, 1.54) is 22.5 Å². The van der Waals surface area contributed by atoms with E-state index in [1.54, 1.807) is 0 Å². The van der Waals surface area contributed by atoms with E-state index in [-0.39, 0.29) is 0 Å². The molecule has 3 nitrogen and oxygen atoms in total. The van der Waals surface area contributed by atoms with Gasteiger partial charge in [0.05, 0.1) is 15.2 Å². The average Bonchev–Trinajstić information content (AvgIpc) is 2.91. The van der Waals surface area contributed by atoms with Crippen LogP contribution in [0.1, 0.15) is 30.7 Å². The highest BCUT2D eigenvalue weighted by atomic mass is 32.1. The van der Waals surface area contributed by atoms with Crippen LogP contribution in [-0.4, -0.2) is 34.6 Å². The number of likely N-dealkylation sites (tertiary alicyclic amines) is 1. The minimum Gasteiger partial charge on any atom is -0.363 e. The lowest BCUT2D eigenvalue weighted by Crippen LogP contribution is -2.44. The van der Waals surface area contributed by atoms with E-state index < -0.39 is 0 Å². The van der Waals surface area contributed by atoms with Crippen molar-refractivity contribution >= 4 is 38.9 Å². The monoisotopic (exact) mass is 305 g/mol. The fourth-order valence-electron chi connectivity index (χ4n) is 2.69. The molecule has 106 valence electrons. The predicted octanol–water partition coefficient (Wildman–Crippen LogP) is 3.37. The number of hydrogen-bond acceptors (Lipinski definition) is 3. The van der Waals surface area contributed by atoms with Crippen LogP contribution in [0.25, 0.3) is 10.2 Å². The van der Waals surface area contributed by atoms with Gasteiger partial charge in [-0.25, -0.2) is 4.98 Å². The van der Waals surface area contributed by atoms with Crippen LogP contribution >= 0.6 is 23.6 Å². The van der Waals surface area contributed by atoms with E-state index >= 15 is 0 Å². The lowest BCUT2D eigenvalue weighted by atomic mass is 9.99. The van der Waals surface area contributed by atoms with Gasteiger partial charge in [-0.05, 0) is 44.1 Å². The van der Waals surface area contributed by atoms with E-state index in [1.807, 2.05) is 11.3 Å². The second-order valence-corrected chi connectivity index (χ2v) is 6.59. The average molecular weight is 305 g/mol. The molecule has 0 saturated carbocycles. The Morgan fingerprint density at radius 2 is 2.35 bits per heavy atom. The largest absolute Gasteiger partial charge is 0.363 e. The van der Waals surface area contributed by atoms with Crippen LogP contribution in [-0.2, 0) is 0 Å². The molecule has 0 amide bonds. The first-order valence-corrected chi connectivity index (χ1v) is 8.38. The molecule has 2 heterocycles. The predicted molar refractivity (Wildman–Crippen MR) is 89.4 cm³/mol. The molecule has 1 aliphatic heterocycles. The van der Waals surface area contributed by atoms with Crippen molar-refractivity contribution in [1.82, 2.24) is 15.2 Å². The number of hydrogen-bond donors (Lipinski definition) is 1. The molecule has 0 aliphatic carbocycles. The second-order valence-electron chi connectivity index (χ2n) is 5.14. The molecular formula is C15H19N3S2. The normalized spacial score (nSPS) is 19.2. The van der Waals surface area contributed by atoms with Gasteiger partial charge in [0.1, 0.15) is 0 Å². The maximum Gasteiger partial charge on any atom is 0.168 e. The van der Waals surface area contributed by atoms with Gasteiger partial charge >= 0.3 is 0 Å². The third-order valence-corrected chi connectivity index (χ3v) is 5.30. The smallest absolute Gasteiger partial charge is 0.168 e. The van der Waals surface area contributed by atoms with Gasteiger partial charge in [-0.3, -0.25) is 0 Å². The number of thiazole rings is 1. The zero-order chi connectivity index (χ0) is 13.9. The summed E-state index contributed by atoms with van der Waals surface area (Å²) in [5.41, 5.74) is 1.12. The summed E-state index contributed by atoms with van der Waals surface area (Å²) in [5.74, 6) is 0.512. The standard InChI is InChI=1S/C15H19N3S2/c1-2-16-15(19)18-9-5-6-11(10-18)14-17-12-7-3-4-8-13(12)20-14/h3-4,7-8,11H,2,5-6,9-10H2,1H3,(H,16,19)/t11-/m0/s1. The molecule has 1 aliphatic rings. The summed E-state index contributed by atoms with van der Waals surface area (Å²) in [7, 11) is 0. The summed E-state index contributed by atoms with van der Waals surface area (Å²) in [4.78, 5) is 7.10. The Morgan fingerprint density at radius 3 is 3.15 bits per heavy atom. The second kappa shape index (κ2) is 6.06. The van der Waals surface area contributed by atoms with Crippen LogP contribution < -0.4 is 5.32 Å². The number of fused-ring (bicyclic) bond motifs is 1. The van der Waals surface area contributed by atoms with Gasteiger partial charge in [0.25, 0.3) is 0 Å². The van der Waals surface area contributed by atoms with Crippen molar-refractivity contribution in [3.8, 4) is 0 Å². The third kappa shape index (κ3) is 2.79. The lowest BCUT2D eigenvalue weighted by molar-refractivity contribution is 0.306. The number of benzene rings is 1. The van der Waals surface area contributed by atoms with Crippen LogP contribution in [0.2, 0.25) is 0 Å². The SMILES string of the molecule is CCNC(=S)N1CCC[C@H](c2nc3ccccc3s2)C1. The highest BCUT2D eigenvalue weighted by Gasteiger charge is 2.25. The molecule has 1 N–H and O–H groups in total. The Labute approximate surface area is 129 Å². The Bertz CT molecular complexity index is 575. The molecule has 1 atom stereocenters. The van der Waals surface area contributed by atoms with E-state index in [9.17, 15) is 0 Å². The summed E-state index contributed by atoms with van der Waals surface area (Å²) in [5, 5.41) is 5.40. The van der Waals surface area contributed by atoms with Gasteiger partial charge in [-0.1, -0.05) is 12.1 Å². The Hall–Kier alpha value is -1.20. The molecule has 5 heteroatoms. The van der Waals surface area contributed by atoms with Crippen molar-refractivity contribution < 1.29 is 0 Å². The number of nitrogens with one attached hydrogen (secondary N) is 1. The minimum absolute atomic E-state index is 0.512. The first-order chi connectivity index (χ1) is 9.78. The molecule has 0 spiro atoms. The van der Waals surface area contributed by atoms with Crippen LogP contribution in [0.15, 0.2) is 24.3 Å². The van der Waals surface area contributed by atoms with Gasteiger partial charge in [-0.2, -0.15) is 0 Å². The lowest BCUT2D eigenvalue weighted by Gasteiger charge is -2.33. The summed E-state index contributed by atoms with van der Waals surface area (Å²) in [6.45, 7) is 5.03. The number of nitrogens with zero attached hydrogens (tertiary/aromatic N) is 2. The third-order valence-electron chi connectivity index (χ3n) is 3.70. The van der Waals surface area contributed by atoms with Crippen molar-refractivity contribution in [3.63, 3.8) is 0 Å². The topological polar surface area (TPSA) is 28.2 Å². The molecule has 20 heavy (non-hydrogen) atoms. The number of rotatable bonds is 2. The van der Waals surface area contributed by atoms with E-state index in [4.69, 9.17) is 17.2 Å². The van der Waals surface area contributed by atoms with E-state index in [2.05, 4.69) is 41.4 Å². The zero-order valence-electron chi connectivity index (χ0n) is 11.6. The first-order valence-electron chi connectivity index (χ1n) is 7.16. The highest BCUT2D eigenvalue weighted by Crippen LogP contribution is 2.32. The quantitative estimate of drug-likeness (QED) is 0.861. The van der Waals surface area contributed by atoms with Crippen molar-refractivity contribution in [1.29, 1.82) is 0 Å². The zero-order valence-corrected chi connectivity index (χ0v) is 13.3. The first kappa shape index (κ1) is 13.8. The van der Waals surface area contributed by atoms with Gasteiger partial charge in [-0.15, -0.1) is 11.3 Å². The molecule has 0 unspecified atom stereocenters. The van der Waals surface area contributed by atoms with Crippen molar-refractivity contribution in [2.75, 3.05) is 19.6 Å². The fraction of sp³-hybridized carbons (Fsp3) is 0.467. The minimum atomic E-state index is 0.512. The number of aromatic nitrogens is 1. The Morgan fingerprint density at radius 1 is 1.50 bits per heavy atom. The van der Waals surface area contributed by atoms with E-state index in [0.29, 0.717) is 5.92 Å². The summed E-state index contributed by atoms with van der Waals surface area (Å²) < 4.78 is 1.29. The molecule has 1 fully saturated rings. The van der Waals surface area contributed by atoms with Gasteiger partial charge in [0.15, 0.2) is 5.11 Å². The van der Waals surface area contributed by atoms with E-state index in [0.717, 1.165) is 30.3 Å². The molecule has 1 saturated heterocycles. The Kier molecular flexibility index (Phi) is 4.17.